The highest BCUT2D eigenvalue weighted by Crippen LogP contribution is 2.23. The summed E-state index contributed by atoms with van der Waals surface area (Å²) in [6.45, 7) is 3.09. The van der Waals surface area contributed by atoms with E-state index in [0.717, 1.165) is 16.9 Å². The van der Waals surface area contributed by atoms with Gasteiger partial charge in [-0.05, 0) is 36.8 Å². The van der Waals surface area contributed by atoms with Crippen LogP contribution in [0.25, 0.3) is 10.9 Å². The first-order valence-corrected chi connectivity index (χ1v) is 9.15. The molecule has 142 valence electrons. The van der Waals surface area contributed by atoms with Crippen molar-refractivity contribution in [1.29, 1.82) is 0 Å². The first-order chi connectivity index (χ1) is 13.7. The van der Waals surface area contributed by atoms with Gasteiger partial charge in [-0.25, -0.2) is 14.2 Å². The van der Waals surface area contributed by atoms with Crippen molar-refractivity contribution in [3.8, 4) is 0 Å². The summed E-state index contributed by atoms with van der Waals surface area (Å²) in [5, 5.41) is 0.657. The number of halogens is 1. The van der Waals surface area contributed by atoms with Crippen LogP contribution >= 0.6 is 0 Å². The summed E-state index contributed by atoms with van der Waals surface area (Å²) in [4.78, 5) is 16.9. The van der Waals surface area contributed by atoms with Crippen LogP contribution in [0.5, 0.6) is 0 Å². The zero-order valence-corrected chi connectivity index (χ0v) is 15.5. The van der Waals surface area contributed by atoms with Gasteiger partial charge in [0.1, 0.15) is 17.3 Å². The molecule has 0 amide bonds. The molecule has 4 rings (SSSR count). The van der Waals surface area contributed by atoms with Gasteiger partial charge in [0.15, 0.2) is 0 Å². The predicted molar refractivity (Wildman–Crippen MR) is 105 cm³/mol. The van der Waals surface area contributed by atoms with Gasteiger partial charge < -0.3 is 13.9 Å². The lowest BCUT2D eigenvalue weighted by atomic mass is 10.2. The molecule has 2 heterocycles. The van der Waals surface area contributed by atoms with Crippen molar-refractivity contribution >= 4 is 16.9 Å². The molecule has 28 heavy (non-hydrogen) atoms. The highest BCUT2D eigenvalue weighted by atomic mass is 19.1. The summed E-state index contributed by atoms with van der Waals surface area (Å²) in [5.74, 6) is 0.0298. The van der Waals surface area contributed by atoms with Crippen LogP contribution < -0.4 is 0 Å². The Labute approximate surface area is 162 Å². The average molecular weight is 377 g/mol. The number of imidazole rings is 1. The van der Waals surface area contributed by atoms with Gasteiger partial charge in [-0.1, -0.05) is 30.3 Å². The lowest BCUT2D eigenvalue weighted by molar-refractivity contribution is 0.0515. The monoisotopic (exact) mass is 377 g/mol. The summed E-state index contributed by atoms with van der Waals surface area (Å²) in [5.41, 5.74) is 2.31. The number of carbonyl (C=O) groups excluding carboxylic acids is 1. The molecule has 6 heteroatoms. The number of hydrogen-bond acceptors (Lipinski definition) is 3. The molecule has 0 N–H and O–H groups in total. The SMILES string of the molecule is CCOC(=O)c1cc2cc(F)ccc2n1Cc1nccn1Cc1ccccc1. The Hall–Kier alpha value is -3.41. The van der Waals surface area contributed by atoms with Crippen molar-refractivity contribution in [2.24, 2.45) is 0 Å². The maximum Gasteiger partial charge on any atom is 0.354 e. The van der Waals surface area contributed by atoms with E-state index in [2.05, 4.69) is 17.1 Å². The Bertz CT molecular complexity index is 1120. The number of fused-ring (bicyclic) bond motifs is 1. The highest BCUT2D eigenvalue weighted by molar-refractivity contribution is 5.95. The van der Waals surface area contributed by atoms with Crippen LogP contribution in [-0.4, -0.2) is 26.7 Å². The molecule has 0 spiro atoms. The van der Waals surface area contributed by atoms with E-state index in [4.69, 9.17) is 4.74 Å². The first-order valence-electron chi connectivity index (χ1n) is 9.15. The third kappa shape index (κ3) is 3.53. The average Bonchev–Trinajstić information content (AvgIpc) is 3.27. The number of esters is 1. The van der Waals surface area contributed by atoms with E-state index in [-0.39, 0.29) is 12.4 Å². The van der Waals surface area contributed by atoms with Gasteiger partial charge in [0.05, 0.1) is 13.2 Å². The fourth-order valence-corrected chi connectivity index (χ4v) is 3.34. The second kappa shape index (κ2) is 7.68. The molecular formula is C22H20FN3O2. The van der Waals surface area contributed by atoms with Crippen molar-refractivity contribution in [1.82, 2.24) is 14.1 Å². The smallest absolute Gasteiger partial charge is 0.354 e. The zero-order chi connectivity index (χ0) is 19.5. The van der Waals surface area contributed by atoms with Gasteiger partial charge in [-0.3, -0.25) is 0 Å². The van der Waals surface area contributed by atoms with Crippen LogP contribution in [0.2, 0.25) is 0 Å². The van der Waals surface area contributed by atoms with E-state index in [9.17, 15) is 9.18 Å². The maximum atomic E-state index is 13.7. The van der Waals surface area contributed by atoms with Crippen LogP contribution in [0.15, 0.2) is 67.0 Å². The molecule has 0 saturated heterocycles. The summed E-state index contributed by atoms with van der Waals surface area (Å²) in [6.07, 6.45) is 3.66. The van der Waals surface area contributed by atoms with Crippen molar-refractivity contribution in [2.75, 3.05) is 6.61 Å². The molecule has 0 aliphatic heterocycles. The molecule has 0 aliphatic rings. The first kappa shape index (κ1) is 18.0. The van der Waals surface area contributed by atoms with E-state index in [1.54, 1.807) is 25.3 Å². The summed E-state index contributed by atoms with van der Waals surface area (Å²) >= 11 is 0. The minimum Gasteiger partial charge on any atom is -0.461 e. The molecule has 0 radical (unpaired) electrons. The summed E-state index contributed by atoms with van der Waals surface area (Å²) in [7, 11) is 0. The summed E-state index contributed by atoms with van der Waals surface area (Å²) < 4.78 is 22.7. The molecular weight excluding hydrogens is 357 g/mol. The summed E-state index contributed by atoms with van der Waals surface area (Å²) in [6, 6.07) is 16.3. The molecule has 0 atom stereocenters. The van der Waals surface area contributed by atoms with E-state index in [1.807, 2.05) is 33.5 Å². The minimum atomic E-state index is -0.430. The van der Waals surface area contributed by atoms with Gasteiger partial charge in [0.25, 0.3) is 0 Å². The number of carbonyl (C=O) groups is 1. The Kier molecular flexibility index (Phi) is 4.93. The fraction of sp³-hybridized carbons (Fsp3) is 0.182. The lowest BCUT2D eigenvalue weighted by Gasteiger charge is -2.12. The molecule has 0 aliphatic carbocycles. The number of benzene rings is 2. The van der Waals surface area contributed by atoms with Crippen molar-refractivity contribution in [3.63, 3.8) is 0 Å². The number of nitrogens with zero attached hydrogens (tertiary/aromatic N) is 3. The molecule has 0 fully saturated rings. The Morgan fingerprint density at radius 1 is 1.11 bits per heavy atom. The van der Waals surface area contributed by atoms with E-state index < -0.39 is 5.97 Å². The van der Waals surface area contributed by atoms with E-state index >= 15 is 0 Å². The standard InChI is InChI=1S/C22H20FN3O2/c1-2-28-22(27)20-13-17-12-18(23)8-9-19(17)26(20)15-21-24-10-11-25(21)14-16-6-4-3-5-7-16/h3-13H,2,14-15H2,1H3. The van der Waals surface area contributed by atoms with Crippen LogP contribution in [0.4, 0.5) is 4.39 Å². The van der Waals surface area contributed by atoms with Crippen molar-refractivity contribution in [3.05, 3.63) is 89.9 Å². The molecule has 0 bridgehead atoms. The van der Waals surface area contributed by atoms with E-state index in [1.165, 1.54) is 12.1 Å². The van der Waals surface area contributed by atoms with Crippen LogP contribution in [0.1, 0.15) is 28.8 Å². The number of hydrogen-bond donors (Lipinski definition) is 0. The van der Waals surface area contributed by atoms with Crippen molar-refractivity contribution < 1.29 is 13.9 Å². The predicted octanol–water partition coefficient (Wildman–Crippen LogP) is 4.25. The van der Waals surface area contributed by atoms with E-state index in [0.29, 0.717) is 24.2 Å². The molecule has 0 unspecified atom stereocenters. The molecule has 4 aromatic rings. The van der Waals surface area contributed by atoms with Gasteiger partial charge in [0, 0.05) is 29.8 Å². The molecule has 5 nitrogen and oxygen atoms in total. The highest BCUT2D eigenvalue weighted by Gasteiger charge is 2.18. The van der Waals surface area contributed by atoms with Crippen LogP contribution in [-0.2, 0) is 17.8 Å². The minimum absolute atomic E-state index is 0.275. The van der Waals surface area contributed by atoms with Gasteiger partial charge in [0.2, 0.25) is 0 Å². The van der Waals surface area contributed by atoms with Crippen LogP contribution in [0.3, 0.4) is 0 Å². The van der Waals surface area contributed by atoms with Crippen LogP contribution in [0, 0.1) is 5.82 Å². The lowest BCUT2D eigenvalue weighted by Crippen LogP contribution is -2.15. The second-order valence-electron chi connectivity index (χ2n) is 6.50. The molecule has 2 aromatic heterocycles. The Balaban J connectivity index is 1.73. The van der Waals surface area contributed by atoms with Gasteiger partial charge in [-0.15, -0.1) is 0 Å². The Morgan fingerprint density at radius 3 is 2.71 bits per heavy atom. The van der Waals surface area contributed by atoms with Crippen molar-refractivity contribution in [2.45, 2.75) is 20.0 Å². The largest absolute Gasteiger partial charge is 0.461 e. The third-order valence-electron chi connectivity index (χ3n) is 4.64. The maximum absolute atomic E-state index is 13.7. The van der Waals surface area contributed by atoms with Gasteiger partial charge in [-0.2, -0.15) is 0 Å². The number of aromatic nitrogens is 3. The van der Waals surface area contributed by atoms with Gasteiger partial charge >= 0.3 is 5.97 Å². The number of rotatable bonds is 6. The third-order valence-corrected chi connectivity index (χ3v) is 4.64. The Morgan fingerprint density at radius 2 is 1.93 bits per heavy atom. The number of ether oxygens (including phenoxy) is 1. The zero-order valence-electron chi connectivity index (χ0n) is 15.5. The molecule has 0 saturated carbocycles. The fourth-order valence-electron chi connectivity index (χ4n) is 3.34. The molecule has 2 aromatic carbocycles. The normalized spacial score (nSPS) is 11.1. The second-order valence-corrected chi connectivity index (χ2v) is 6.50. The topological polar surface area (TPSA) is 49.1 Å². The quantitative estimate of drug-likeness (QED) is 0.472.